The Morgan fingerprint density at radius 3 is 2.33 bits per heavy atom. The molecule has 10 heteroatoms. The Kier molecular flexibility index (Phi) is 6.18. The number of imidazole rings is 1. The number of hydrogen-bond acceptors (Lipinski definition) is 4. The Morgan fingerprint density at radius 1 is 0.970 bits per heavy atom. The predicted octanol–water partition coefficient (Wildman–Crippen LogP) is 3.88. The van der Waals surface area contributed by atoms with E-state index in [1.54, 1.807) is 24.5 Å². The first-order chi connectivity index (χ1) is 15.8. The van der Waals surface area contributed by atoms with Crippen molar-refractivity contribution in [1.82, 2.24) is 14.9 Å². The van der Waals surface area contributed by atoms with E-state index in [0.717, 1.165) is 12.1 Å². The molecule has 0 aliphatic carbocycles. The highest BCUT2D eigenvalue weighted by atomic mass is 32.2. The molecule has 4 rings (SSSR count). The molecule has 0 saturated carbocycles. The highest BCUT2D eigenvalue weighted by molar-refractivity contribution is 7.92. The van der Waals surface area contributed by atoms with Crippen LogP contribution in [-0.4, -0.2) is 23.9 Å². The Morgan fingerprint density at radius 2 is 1.70 bits per heavy atom. The predicted molar refractivity (Wildman–Crippen MR) is 118 cm³/mol. The number of aromatic nitrogens is 2. The van der Waals surface area contributed by atoms with Crippen LogP contribution in [0.4, 0.5) is 14.5 Å². The van der Waals surface area contributed by atoms with Gasteiger partial charge in [0.15, 0.2) is 0 Å². The molecule has 0 atom stereocenters. The maximum atomic E-state index is 14.4. The second-order valence-corrected chi connectivity index (χ2v) is 8.76. The molecule has 3 aromatic carbocycles. The fourth-order valence-electron chi connectivity index (χ4n) is 3.07. The van der Waals surface area contributed by atoms with Crippen molar-refractivity contribution in [3.63, 3.8) is 0 Å². The minimum atomic E-state index is -3.90. The second kappa shape index (κ2) is 9.21. The van der Waals surface area contributed by atoms with Gasteiger partial charge in [-0.3, -0.25) is 9.52 Å². The zero-order valence-electron chi connectivity index (χ0n) is 17.1. The number of carbonyl (C=O) groups is 1. The van der Waals surface area contributed by atoms with E-state index in [0.29, 0.717) is 11.3 Å². The number of anilines is 1. The highest BCUT2D eigenvalue weighted by Crippen LogP contribution is 2.18. The van der Waals surface area contributed by atoms with E-state index in [-0.39, 0.29) is 22.7 Å². The molecule has 0 bridgehead atoms. The minimum absolute atomic E-state index is 0.0551. The largest absolute Gasteiger partial charge is 0.348 e. The lowest BCUT2D eigenvalue weighted by Crippen LogP contribution is -2.23. The maximum absolute atomic E-state index is 14.4. The van der Waals surface area contributed by atoms with Crippen molar-refractivity contribution < 1.29 is 22.0 Å². The van der Waals surface area contributed by atoms with Crippen molar-refractivity contribution in [2.45, 2.75) is 11.4 Å². The molecule has 0 saturated heterocycles. The van der Waals surface area contributed by atoms with Gasteiger partial charge in [-0.1, -0.05) is 6.07 Å². The van der Waals surface area contributed by atoms with E-state index >= 15 is 0 Å². The van der Waals surface area contributed by atoms with Crippen LogP contribution >= 0.6 is 0 Å². The molecule has 7 nitrogen and oxygen atoms in total. The highest BCUT2D eigenvalue weighted by Gasteiger charge is 2.15. The van der Waals surface area contributed by atoms with Crippen molar-refractivity contribution in [1.29, 1.82) is 0 Å². The van der Waals surface area contributed by atoms with Crippen molar-refractivity contribution in [2.75, 3.05) is 4.72 Å². The van der Waals surface area contributed by atoms with E-state index in [4.69, 9.17) is 0 Å². The van der Waals surface area contributed by atoms with Crippen molar-refractivity contribution in [2.24, 2.45) is 0 Å². The van der Waals surface area contributed by atoms with Gasteiger partial charge in [0.2, 0.25) is 0 Å². The van der Waals surface area contributed by atoms with Gasteiger partial charge in [0.1, 0.15) is 11.6 Å². The number of amides is 1. The third kappa shape index (κ3) is 5.24. The van der Waals surface area contributed by atoms with Crippen molar-refractivity contribution >= 4 is 21.6 Å². The first-order valence-electron chi connectivity index (χ1n) is 9.75. The number of rotatable bonds is 7. The van der Waals surface area contributed by atoms with Crippen LogP contribution in [0.5, 0.6) is 0 Å². The van der Waals surface area contributed by atoms with Gasteiger partial charge >= 0.3 is 0 Å². The molecule has 168 valence electrons. The van der Waals surface area contributed by atoms with Crippen molar-refractivity contribution in [3.05, 3.63) is 108 Å². The zero-order chi connectivity index (χ0) is 23.4. The summed E-state index contributed by atoms with van der Waals surface area (Å²) >= 11 is 0. The average molecular weight is 468 g/mol. The van der Waals surface area contributed by atoms with Gasteiger partial charge in [0, 0.05) is 30.2 Å². The molecule has 0 aliphatic heterocycles. The van der Waals surface area contributed by atoms with Crippen LogP contribution in [0.15, 0.2) is 90.3 Å². The molecule has 0 unspecified atom stereocenters. The Labute approximate surface area is 188 Å². The summed E-state index contributed by atoms with van der Waals surface area (Å²) in [4.78, 5) is 16.3. The summed E-state index contributed by atoms with van der Waals surface area (Å²) < 4.78 is 56.2. The van der Waals surface area contributed by atoms with Gasteiger partial charge in [0.25, 0.3) is 15.9 Å². The Bertz CT molecular complexity index is 1370. The Hall–Kier alpha value is -4.05. The van der Waals surface area contributed by atoms with E-state index in [1.165, 1.54) is 53.4 Å². The number of sulfonamides is 1. The Balaban J connectivity index is 1.39. The smallest absolute Gasteiger partial charge is 0.261 e. The number of hydrogen-bond donors (Lipinski definition) is 2. The molecule has 1 aromatic heterocycles. The fourth-order valence-corrected chi connectivity index (χ4v) is 4.13. The molecule has 1 heterocycles. The summed E-state index contributed by atoms with van der Waals surface area (Å²) in [6.45, 7) is 0.0894. The van der Waals surface area contributed by atoms with E-state index in [1.807, 2.05) is 0 Å². The van der Waals surface area contributed by atoms with E-state index in [9.17, 15) is 22.0 Å². The van der Waals surface area contributed by atoms with E-state index in [2.05, 4.69) is 15.0 Å². The summed E-state index contributed by atoms with van der Waals surface area (Å²) in [5.74, 6) is -1.38. The van der Waals surface area contributed by atoms with Gasteiger partial charge in [-0.2, -0.15) is 0 Å². The normalized spacial score (nSPS) is 11.2. The average Bonchev–Trinajstić information content (AvgIpc) is 3.34. The molecule has 33 heavy (non-hydrogen) atoms. The van der Waals surface area contributed by atoms with Crippen LogP contribution < -0.4 is 10.0 Å². The monoisotopic (exact) mass is 468 g/mol. The van der Waals surface area contributed by atoms with E-state index < -0.39 is 27.6 Å². The van der Waals surface area contributed by atoms with Gasteiger partial charge in [0.05, 0.1) is 16.9 Å². The number of halogens is 2. The number of nitrogens with one attached hydrogen (secondary N) is 2. The summed E-state index contributed by atoms with van der Waals surface area (Å²) in [7, 11) is -3.90. The van der Waals surface area contributed by atoms with Gasteiger partial charge in [-0.25, -0.2) is 22.2 Å². The molecule has 0 fully saturated rings. The lowest BCUT2D eigenvalue weighted by molar-refractivity contribution is 0.0950. The van der Waals surface area contributed by atoms with Crippen molar-refractivity contribution in [3.8, 4) is 5.69 Å². The van der Waals surface area contributed by atoms with Crippen LogP contribution in [0.3, 0.4) is 0 Å². The van der Waals surface area contributed by atoms with Crippen LogP contribution in [0.2, 0.25) is 0 Å². The minimum Gasteiger partial charge on any atom is -0.348 e. The fraction of sp³-hybridized carbons (Fsp3) is 0.0435. The molecular formula is C23H18F2N4O3S. The summed E-state index contributed by atoms with van der Waals surface area (Å²) in [6, 6.07) is 14.8. The molecule has 0 spiro atoms. The SMILES string of the molecule is O=C(NCc1ccc(-n2ccnc2)c(F)c1)c1ccc(S(=O)(=O)Nc2ccc(F)cc2)cc1. The third-order valence-corrected chi connectivity index (χ3v) is 6.17. The quantitative estimate of drug-likeness (QED) is 0.431. The maximum Gasteiger partial charge on any atom is 0.261 e. The lowest BCUT2D eigenvalue weighted by atomic mass is 10.1. The second-order valence-electron chi connectivity index (χ2n) is 7.08. The van der Waals surface area contributed by atoms with Crippen LogP contribution in [0, 0.1) is 11.6 Å². The van der Waals surface area contributed by atoms with Gasteiger partial charge < -0.3 is 9.88 Å². The summed E-state index contributed by atoms with van der Waals surface area (Å²) in [5.41, 5.74) is 1.36. The molecule has 0 radical (unpaired) electrons. The van der Waals surface area contributed by atoms with Crippen LogP contribution in [0.25, 0.3) is 5.69 Å². The first-order valence-corrected chi connectivity index (χ1v) is 11.2. The summed E-state index contributed by atoms with van der Waals surface area (Å²) in [6.07, 6.45) is 4.65. The first kappa shape index (κ1) is 22.2. The molecule has 4 aromatic rings. The lowest BCUT2D eigenvalue weighted by Gasteiger charge is -2.10. The number of benzene rings is 3. The zero-order valence-corrected chi connectivity index (χ0v) is 17.9. The standard InChI is InChI=1S/C23H18F2N4O3S/c24-18-4-6-19(7-5-18)28-33(31,32)20-8-2-17(3-9-20)23(30)27-14-16-1-10-22(21(25)13-16)29-12-11-26-15-29/h1-13,15,28H,14H2,(H,27,30). The molecule has 2 N–H and O–H groups in total. The van der Waals surface area contributed by atoms with Gasteiger partial charge in [-0.05, 0) is 66.2 Å². The van der Waals surface area contributed by atoms with Crippen LogP contribution in [-0.2, 0) is 16.6 Å². The topological polar surface area (TPSA) is 93.1 Å². The van der Waals surface area contributed by atoms with Crippen LogP contribution in [0.1, 0.15) is 15.9 Å². The third-order valence-electron chi connectivity index (χ3n) is 4.77. The van der Waals surface area contributed by atoms with Gasteiger partial charge in [-0.15, -0.1) is 0 Å². The number of nitrogens with zero attached hydrogens (tertiary/aromatic N) is 2. The number of carbonyl (C=O) groups excluding carboxylic acids is 1. The summed E-state index contributed by atoms with van der Waals surface area (Å²) in [5, 5.41) is 2.67. The molecular weight excluding hydrogens is 450 g/mol. The molecule has 1 amide bonds. The molecule has 0 aliphatic rings.